The molecule has 1 aliphatic carbocycles. The van der Waals surface area contributed by atoms with Crippen molar-refractivity contribution in [2.45, 2.75) is 90.3 Å². The molecule has 0 spiro atoms. The Morgan fingerprint density at radius 1 is 1.02 bits per heavy atom. The molecule has 3 atom stereocenters. The van der Waals surface area contributed by atoms with Crippen molar-refractivity contribution >= 4 is 15.9 Å². The zero-order valence-electron chi connectivity index (χ0n) is 25.8. The molecule has 3 fully saturated rings. The number of rotatable bonds is 8. The normalized spacial score (nSPS) is 24.9. The van der Waals surface area contributed by atoms with Crippen molar-refractivity contribution in [1.29, 1.82) is 0 Å². The summed E-state index contributed by atoms with van der Waals surface area (Å²) in [5.41, 5.74) is 0.222. The van der Waals surface area contributed by atoms with Crippen LogP contribution in [0.15, 0.2) is 18.2 Å². The summed E-state index contributed by atoms with van der Waals surface area (Å²) in [5.74, 6) is -1.49. The summed E-state index contributed by atoms with van der Waals surface area (Å²) in [5, 5.41) is 0. The summed E-state index contributed by atoms with van der Waals surface area (Å²) >= 11 is 0. The summed E-state index contributed by atoms with van der Waals surface area (Å²) in [7, 11) is -3.34. The Bertz CT molecular complexity index is 1160. The van der Waals surface area contributed by atoms with Gasteiger partial charge in [0, 0.05) is 75.4 Å². The Balaban J connectivity index is 1.50. The standard InChI is InChI=1S/C31H50F2N4O3S/c1-22(2)37(41(6,39)40)21-29(23-10-8-7-9-11-23)34-14-16-35(17-15-34)30(38)27-20-36(31(3,4)5)19-26(27)25-13-12-24(32)18-28(25)33/h12-13,18,22-23,26-27,29H,7-11,14-17,19-21H2,1-6H3/t26-,27-,29?/m0/s1. The van der Waals surface area contributed by atoms with E-state index in [9.17, 15) is 22.0 Å². The predicted octanol–water partition coefficient (Wildman–Crippen LogP) is 4.54. The quantitative estimate of drug-likeness (QED) is 0.441. The Kier molecular flexibility index (Phi) is 10.2. The first-order valence-corrected chi connectivity index (χ1v) is 17.2. The monoisotopic (exact) mass is 596 g/mol. The Morgan fingerprint density at radius 3 is 2.20 bits per heavy atom. The fourth-order valence-electron chi connectivity index (χ4n) is 7.22. The highest BCUT2D eigenvalue weighted by molar-refractivity contribution is 7.88. The van der Waals surface area contributed by atoms with Gasteiger partial charge in [-0.2, -0.15) is 4.31 Å². The second-order valence-corrected chi connectivity index (χ2v) is 15.6. The molecule has 0 aromatic heterocycles. The number of sulfonamides is 1. The molecule has 1 unspecified atom stereocenters. The van der Waals surface area contributed by atoms with E-state index in [0.29, 0.717) is 57.3 Å². The summed E-state index contributed by atoms with van der Waals surface area (Å²) in [6.45, 7) is 14.2. The van der Waals surface area contributed by atoms with E-state index in [1.54, 1.807) is 4.31 Å². The fourth-order valence-corrected chi connectivity index (χ4v) is 8.41. The van der Waals surface area contributed by atoms with Crippen molar-refractivity contribution in [3.05, 3.63) is 35.4 Å². The van der Waals surface area contributed by atoms with Crippen molar-refractivity contribution in [1.82, 2.24) is 19.0 Å². The number of benzene rings is 1. The minimum atomic E-state index is -3.34. The summed E-state index contributed by atoms with van der Waals surface area (Å²) in [6, 6.07) is 3.69. The van der Waals surface area contributed by atoms with E-state index in [0.717, 1.165) is 18.9 Å². The van der Waals surface area contributed by atoms with E-state index in [1.807, 2.05) is 18.7 Å². The van der Waals surface area contributed by atoms with E-state index < -0.39 is 27.6 Å². The molecule has 1 aromatic rings. The molecule has 2 aliphatic heterocycles. The number of likely N-dealkylation sites (tertiary alicyclic amines) is 1. The first kappa shape index (κ1) is 32.3. The van der Waals surface area contributed by atoms with Crippen LogP contribution in [-0.4, -0.2) is 103 Å². The van der Waals surface area contributed by atoms with Gasteiger partial charge in [-0.25, -0.2) is 17.2 Å². The summed E-state index contributed by atoms with van der Waals surface area (Å²) in [6.07, 6.45) is 7.09. The third kappa shape index (κ3) is 7.67. The van der Waals surface area contributed by atoms with Gasteiger partial charge in [-0.15, -0.1) is 0 Å². The third-order valence-electron chi connectivity index (χ3n) is 9.61. The maximum atomic E-state index is 14.9. The van der Waals surface area contributed by atoms with Crippen LogP contribution >= 0.6 is 0 Å². The second kappa shape index (κ2) is 12.9. The lowest BCUT2D eigenvalue weighted by molar-refractivity contribution is -0.138. The van der Waals surface area contributed by atoms with Gasteiger partial charge in [0.2, 0.25) is 15.9 Å². The average Bonchev–Trinajstić information content (AvgIpc) is 3.34. The van der Waals surface area contributed by atoms with Crippen LogP contribution in [0.5, 0.6) is 0 Å². The molecule has 4 rings (SSSR count). The van der Waals surface area contributed by atoms with E-state index in [-0.39, 0.29) is 29.4 Å². The SMILES string of the molecule is CC(C)N(CC(C1CCCCC1)N1CCN(C(=O)[C@H]2CN(C(C)(C)C)C[C@H]2c2ccc(F)cc2F)CC1)S(C)(=O)=O. The number of hydrogen-bond acceptors (Lipinski definition) is 5. The molecule has 2 heterocycles. The Morgan fingerprint density at radius 2 is 1.66 bits per heavy atom. The number of amides is 1. The number of hydrogen-bond donors (Lipinski definition) is 0. The van der Waals surface area contributed by atoms with Crippen LogP contribution < -0.4 is 0 Å². The van der Waals surface area contributed by atoms with E-state index in [4.69, 9.17) is 0 Å². The molecule has 1 saturated carbocycles. The van der Waals surface area contributed by atoms with Crippen molar-refractivity contribution in [2.75, 3.05) is 52.1 Å². The molecule has 10 heteroatoms. The highest BCUT2D eigenvalue weighted by atomic mass is 32.2. The molecule has 232 valence electrons. The van der Waals surface area contributed by atoms with Gasteiger partial charge in [-0.1, -0.05) is 25.3 Å². The van der Waals surface area contributed by atoms with Crippen LogP contribution in [0.2, 0.25) is 0 Å². The minimum Gasteiger partial charge on any atom is -0.340 e. The van der Waals surface area contributed by atoms with Gasteiger partial charge in [0.1, 0.15) is 11.6 Å². The minimum absolute atomic E-state index is 0.0271. The molecule has 0 bridgehead atoms. The van der Waals surface area contributed by atoms with Crippen LogP contribution in [0.1, 0.15) is 78.2 Å². The van der Waals surface area contributed by atoms with Crippen molar-refractivity contribution in [3.63, 3.8) is 0 Å². The van der Waals surface area contributed by atoms with Crippen LogP contribution in [-0.2, 0) is 14.8 Å². The molecule has 2 saturated heterocycles. The summed E-state index contributed by atoms with van der Waals surface area (Å²) < 4.78 is 55.6. The highest BCUT2D eigenvalue weighted by Crippen LogP contribution is 2.39. The third-order valence-corrected chi connectivity index (χ3v) is 11.0. The lowest BCUT2D eigenvalue weighted by Crippen LogP contribution is -2.58. The zero-order valence-corrected chi connectivity index (χ0v) is 26.6. The topological polar surface area (TPSA) is 64.2 Å². The lowest BCUT2D eigenvalue weighted by atomic mass is 9.82. The number of carbonyl (C=O) groups is 1. The molecule has 0 radical (unpaired) electrons. The van der Waals surface area contributed by atoms with Gasteiger partial charge in [0.05, 0.1) is 12.2 Å². The molecule has 1 amide bonds. The first-order valence-electron chi connectivity index (χ1n) is 15.4. The number of piperazine rings is 1. The van der Waals surface area contributed by atoms with Gasteiger partial charge < -0.3 is 4.90 Å². The average molecular weight is 597 g/mol. The maximum absolute atomic E-state index is 14.9. The van der Waals surface area contributed by atoms with Crippen LogP contribution in [0.3, 0.4) is 0 Å². The van der Waals surface area contributed by atoms with Crippen molar-refractivity contribution in [3.8, 4) is 0 Å². The highest BCUT2D eigenvalue weighted by Gasteiger charge is 2.45. The number of carbonyl (C=O) groups excluding carboxylic acids is 1. The molecule has 0 N–H and O–H groups in total. The molecule has 41 heavy (non-hydrogen) atoms. The molecule has 1 aromatic carbocycles. The fraction of sp³-hybridized carbons (Fsp3) is 0.774. The Labute approximate surface area is 246 Å². The predicted molar refractivity (Wildman–Crippen MR) is 159 cm³/mol. The zero-order chi connectivity index (χ0) is 30.1. The van der Waals surface area contributed by atoms with Crippen molar-refractivity contribution in [2.24, 2.45) is 11.8 Å². The van der Waals surface area contributed by atoms with Gasteiger partial charge in [0.25, 0.3) is 0 Å². The van der Waals surface area contributed by atoms with E-state index in [1.165, 1.54) is 37.7 Å². The molecule has 7 nitrogen and oxygen atoms in total. The van der Waals surface area contributed by atoms with E-state index >= 15 is 0 Å². The van der Waals surface area contributed by atoms with Gasteiger partial charge in [0.15, 0.2) is 0 Å². The second-order valence-electron chi connectivity index (χ2n) is 13.7. The maximum Gasteiger partial charge on any atom is 0.227 e. The van der Waals surface area contributed by atoms with Gasteiger partial charge in [-0.3, -0.25) is 14.6 Å². The first-order chi connectivity index (χ1) is 19.2. The summed E-state index contributed by atoms with van der Waals surface area (Å²) in [4.78, 5) is 20.6. The molecular weight excluding hydrogens is 546 g/mol. The molecular formula is C31H50F2N4O3S. The number of nitrogens with zero attached hydrogens (tertiary/aromatic N) is 4. The van der Waals surface area contributed by atoms with E-state index in [2.05, 4.69) is 30.6 Å². The Hall–Kier alpha value is -1.62. The molecule has 3 aliphatic rings. The van der Waals surface area contributed by atoms with Gasteiger partial charge >= 0.3 is 0 Å². The largest absolute Gasteiger partial charge is 0.340 e. The van der Waals surface area contributed by atoms with Crippen molar-refractivity contribution < 1.29 is 22.0 Å². The van der Waals surface area contributed by atoms with Crippen LogP contribution in [0.25, 0.3) is 0 Å². The van der Waals surface area contributed by atoms with Crippen LogP contribution in [0, 0.1) is 23.5 Å². The lowest BCUT2D eigenvalue weighted by Gasteiger charge is -2.45. The van der Waals surface area contributed by atoms with Gasteiger partial charge in [-0.05, 0) is 65.0 Å². The van der Waals surface area contributed by atoms with Crippen LogP contribution in [0.4, 0.5) is 8.78 Å². The number of halogens is 2. The smallest absolute Gasteiger partial charge is 0.227 e.